The second-order valence-electron chi connectivity index (χ2n) is 9.35. The van der Waals surface area contributed by atoms with Crippen molar-refractivity contribution in [3.63, 3.8) is 0 Å². The predicted octanol–water partition coefficient (Wildman–Crippen LogP) is 2.78. The molecule has 2 aliphatic rings. The number of carbonyl (C=O) groups is 3. The first-order valence-corrected chi connectivity index (χ1v) is 12.0. The van der Waals surface area contributed by atoms with Crippen LogP contribution in [0.1, 0.15) is 24.8 Å². The fourth-order valence-corrected chi connectivity index (χ4v) is 5.07. The molecular formula is C26H28F3N3O5. The Bertz CT molecular complexity index is 1110. The molecular weight excluding hydrogens is 491 g/mol. The number of hydrogen-bond donors (Lipinski definition) is 2. The molecule has 0 unspecified atom stereocenters. The van der Waals surface area contributed by atoms with Gasteiger partial charge < -0.3 is 19.7 Å². The second kappa shape index (κ2) is 10.8. The van der Waals surface area contributed by atoms with Gasteiger partial charge in [-0.3, -0.25) is 9.59 Å². The summed E-state index contributed by atoms with van der Waals surface area (Å²) in [6.45, 7) is 1.97. The molecule has 37 heavy (non-hydrogen) atoms. The molecule has 1 saturated heterocycles. The van der Waals surface area contributed by atoms with E-state index >= 15 is 0 Å². The number of benzene rings is 2. The van der Waals surface area contributed by atoms with Crippen molar-refractivity contribution in [2.24, 2.45) is 11.8 Å². The number of aliphatic hydroxyl groups is 1. The number of nitrogens with zero attached hydrogens (tertiary/aromatic N) is 2. The average molecular weight is 520 g/mol. The monoisotopic (exact) mass is 519 g/mol. The summed E-state index contributed by atoms with van der Waals surface area (Å²) in [6, 6.07) is 18.3. The number of piperazine rings is 1. The van der Waals surface area contributed by atoms with Crippen LogP contribution < -0.4 is 10.4 Å². The lowest BCUT2D eigenvalue weighted by molar-refractivity contribution is -0.208. The van der Waals surface area contributed by atoms with Gasteiger partial charge in [0.05, 0.1) is 17.4 Å². The maximum absolute atomic E-state index is 13.5. The molecule has 11 heteroatoms. The smallest absolute Gasteiger partial charge is 0.385 e. The molecule has 2 amide bonds. The zero-order valence-electron chi connectivity index (χ0n) is 20.0. The number of hydrogen-bond acceptors (Lipinski definition) is 6. The van der Waals surface area contributed by atoms with Crippen LogP contribution >= 0.6 is 0 Å². The summed E-state index contributed by atoms with van der Waals surface area (Å²) in [4.78, 5) is 45.3. The van der Waals surface area contributed by atoms with Crippen molar-refractivity contribution >= 4 is 23.5 Å². The summed E-state index contributed by atoms with van der Waals surface area (Å²) in [6.07, 6.45) is -5.19. The van der Waals surface area contributed by atoms with Gasteiger partial charge in [-0.15, -0.1) is 0 Å². The Balaban J connectivity index is 1.49. The number of hydroxylamine groups is 1. The summed E-state index contributed by atoms with van der Waals surface area (Å²) in [5.41, 5.74) is 1.66. The minimum absolute atomic E-state index is 0.133. The number of para-hydroxylation sites is 1. The van der Waals surface area contributed by atoms with Crippen LogP contribution in [0.25, 0.3) is 0 Å². The van der Waals surface area contributed by atoms with Gasteiger partial charge in [0.15, 0.2) is 0 Å². The zero-order chi connectivity index (χ0) is 26.6. The van der Waals surface area contributed by atoms with Gasteiger partial charge in [-0.25, -0.2) is 4.79 Å². The van der Waals surface area contributed by atoms with Gasteiger partial charge in [0, 0.05) is 31.9 Å². The molecule has 0 aromatic heterocycles. The van der Waals surface area contributed by atoms with Crippen molar-refractivity contribution in [2.45, 2.75) is 31.0 Å². The lowest BCUT2D eigenvalue weighted by atomic mass is 9.68. The molecule has 0 bridgehead atoms. The van der Waals surface area contributed by atoms with E-state index in [4.69, 9.17) is 0 Å². The van der Waals surface area contributed by atoms with Crippen molar-refractivity contribution in [3.05, 3.63) is 66.2 Å². The van der Waals surface area contributed by atoms with E-state index in [1.165, 1.54) is 0 Å². The highest BCUT2D eigenvalue weighted by Gasteiger charge is 2.48. The zero-order valence-corrected chi connectivity index (χ0v) is 20.0. The molecule has 0 radical (unpaired) electrons. The lowest BCUT2D eigenvalue weighted by Gasteiger charge is -2.43. The van der Waals surface area contributed by atoms with Gasteiger partial charge in [0.25, 0.3) is 5.91 Å². The molecule has 2 fully saturated rings. The molecule has 1 heterocycles. The van der Waals surface area contributed by atoms with Gasteiger partial charge in [-0.1, -0.05) is 48.5 Å². The molecule has 1 aliphatic carbocycles. The lowest BCUT2D eigenvalue weighted by Crippen LogP contribution is -2.54. The van der Waals surface area contributed by atoms with Crippen LogP contribution in [-0.2, 0) is 24.8 Å². The maximum Gasteiger partial charge on any atom is 0.493 e. The van der Waals surface area contributed by atoms with Gasteiger partial charge in [0.1, 0.15) is 0 Å². The topological polar surface area (TPSA) is 99.2 Å². The Morgan fingerprint density at radius 1 is 0.919 bits per heavy atom. The molecule has 3 atom stereocenters. The van der Waals surface area contributed by atoms with Crippen LogP contribution in [0.15, 0.2) is 60.7 Å². The SMILES string of the molecule is O=C(NOC(=O)C(F)(F)F)[C@H]1C[C@@](O)(c2ccccc2)CC[C@@H]1C(=O)N1CCN(c2ccccc2)CC1. The van der Waals surface area contributed by atoms with Crippen molar-refractivity contribution in [1.29, 1.82) is 0 Å². The minimum atomic E-state index is -5.29. The van der Waals surface area contributed by atoms with E-state index < -0.39 is 35.5 Å². The van der Waals surface area contributed by atoms with Crippen molar-refractivity contribution in [1.82, 2.24) is 10.4 Å². The van der Waals surface area contributed by atoms with Crippen LogP contribution in [-0.4, -0.2) is 60.1 Å². The fourth-order valence-electron chi connectivity index (χ4n) is 5.07. The van der Waals surface area contributed by atoms with Crippen LogP contribution in [0.3, 0.4) is 0 Å². The maximum atomic E-state index is 13.5. The Morgan fingerprint density at radius 2 is 1.51 bits per heavy atom. The number of anilines is 1. The van der Waals surface area contributed by atoms with E-state index in [9.17, 15) is 32.7 Å². The average Bonchev–Trinajstić information content (AvgIpc) is 2.91. The number of halogens is 3. The molecule has 8 nitrogen and oxygen atoms in total. The first kappa shape index (κ1) is 26.5. The molecule has 1 aliphatic heterocycles. The number of carbonyl (C=O) groups excluding carboxylic acids is 3. The first-order chi connectivity index (χ1) is 17.6. The van der Waals surface area contributed by atoms with Crippen LogP contribution in [0.5, 0.6) is 0 Å². The molecule has 2 aromatic rings. The predicted molar refractivity (Wildman–Crippen MR) is 127 cm³/mol. The van der Waals surface area contributed by atoms with Crippen molar-refractivity contribution in [3.8, 4) is 0 Å². The van der Waals surface area contributed by atoms with Crippen LogP contribution in [0, 0.1) is 11.8 Å². The number of alkyl halides is 3. The van der Waals surface area contributed by atoms with Gasteiger partial charge in [-0.05, 0) is 37.0 Å². The number of rotatable bonds is 4. The van der Waals surface area contributed by atoms with Gasteiger partial charge in [0.2, 0.25) is 5.91 Å². The summed E-state index contributed by atoms with van der Waals surface area (Å²) in [7, 11) is 0. The Labute approximate surface area is 211 Å². The van der Waals surface area contributed by atoms with Crippen molar-refractivity contribution < 1.29 is 37.5 Å². The fraction of sp³-hybridized carbons (Fsp3) is 0.423. The van der Waals surface area contributed by atoms with E-state index in [0.29, 0.717) is 31.7 Å². The number of nitrogens with one attached hydrogen (secondary N) is 1. The standard InChI is InChI=1S/C26H28F3N3O5/c27-26(28,29)24(35)37-30-22(33)21-17-25(36,18-7-3-1-4-8-18)12-11-20(21)23(34)32-15-13-31(14-16-32)19-9-5-2-6-10-19/h1-10,20-21,36H,11-17H2,(H,30,33)/t20-,21-,25+/m0/s1. The normalized spacial score (nSPS) is 24.3. The van der Waals surface area contributed by atoms with E-state index in [1.54, 1.807) is 40.7 Å². The molecule has 1 saturated carbocycles. The van der Waals surface area contributed by atoms with Crippen molar-refractivity contribution in [2.75, 3.05) is 31.1 Å². The largest absolute Gasteiger partial charge is 0.493 e. The second-order valence-corrected chi connectivity index (χ2v) is 9.35. The molecule has 2 aromatic carbocycles. The number of amides is 2. The van der Waals surface area contributed by atoms with E-state index in [-0.39, 0.29) is 25.2 Å². The highest BCUT2D eigenvalue weighted by Crippen LogP contribution is 2.43. The molecule has 2 N–H and O–H groups in total. The third-order valence-corrected chi connectivity index (χ3v) is 7.07. The first-order valence-electron chi connectivity index (χ1n) is 12.0. The summed E-state index contributed by atoms with van der Waals surface area (Å²) >= 11 is 0. The summed E-state index contributed by atoms with van der Waals surface area (Å²) in [5, 5.41) is 11.3. The van der Waals surface area contributed by atoms with Crippen LogP contribution in [0.4, 0.5) is 18.9 Å². The van der Waals surface area contributed by atoms with Gasteiger partial charge in [-0.2, -0.15) is 18.7 Å². The Morgan fingerprint density at radius 3 is 2.11 bits per heavy atom. The third-order valence-electron chi connectivity index (χ3n) is 7.07. The summed E-state index contributed by atoms with van der Waals surface area (Å²) in [5.74, 6) is -6.05. The van der Waals surface area contributed by atoms with Gasteiger partial charge >= 0.3 is 12.1 Å². The summed E-state index contributed by atoms with van der Waals surface area (Å²) < 4.78 is 37.7. The van der Waals surface area contributed by atoms with E-state index in [1.807, 2.05) is 30.3 Å². The molecule has 4 rings (SSSR count). The van der Waals surface area contributed by atoms with Crippen LogP contribution in [0.2, 0.25) is 0 Å². The highest BCUT2D eigenvalue weighted by molar-refractivity contribution is 5.88. The Hall–Kier alpha value is -3.60. The molecule has 0 spiro atoms. The quantitative estimate of drug-likeness (QED) is 0.603. The third kappa shape index (κ3) is 6.04. The minimum Gasteiger partial charge on any atom is -0.385 e. The van der Waals surface area contributed by atoms with E-state index in [0.717, 1.165) is 5.69 Å². The highest BCUT2D eigenvalue weighted by atomic mass is 19.4. The molecule has 198 valence electrons. The van der Waals surface area contributed by atoms with E-state index in [2.05, 4.69) is 9.74 Å². The Kier molecular flexibility index (Phi) is 7.72.